The van der Waals surface area contributed by atoms with Crippen molar-refractivity contribution in [1.82, 2.24) is 0 Å². The maximum Gasteiger partial charge on any atom is 0.304 e. The number of carboxylic acid groups (broad SMARTS) is 1. The number of carbonyl (C=O) groups is 2. The van der Waals surface area contributed by atoms with Gasteiger partial charge in [-0.25, -0.2) is 0 Å². The van der Waals surface area contributed by atoms with Gasteiger partial charge >= 0.3 is 5.97 Å². The van der Waals surface area contributed by atoms with E-state index in [0.29, 0.717) is 0 Å². The number of anilines is 1. The number of rotatable bonds is 2. The number of nitrogens with one attached hydrogen (secondary N) is 1. The maximum atomic E-state index is 11.5. The van der Waals surface area contributed by atoms with Crippen LogP contribution >= 0.6 is 0 Å². The van der Waals surface area contributed by atoms with Gasteiger partial charge in [-0.15, -0.1) is 0 Å². The minimum Gasteiger partial charge on any atom is -0.481 e. The fraction of sp³-hybridized carbons (Fsp3) is 0.273. The Morgan fingerprint density at radius 1 is 1.53 bits per heavy atom. The first-order valence-corrected chi connectivity index (χ1v) is 4.72. The maximum absolute atomic E-state index is 11.5. The topological polar surface area (TPSA) is 66.4 Å². The molecular formula is C11H11NO3. The summed E-state index contributed by atoms with van der Waals surface area (Å²) in [6.07, 6.45) is -0.151. The standard InChI is InChI=1S/C11H11NO3/c1-6-3-2-4-7-8(5-9(13)14)11(15)12-10(6)7/h2-4,8H,5H2,1H3,(H,12,15)(H,13,14). The zero-order valence-corrected chi connectivity index (χ0v) is 8.28. The highest BCUT2D eigenvalue weighted by molar-refractivity contribution is 6.05. The van der Waals surface area contributed by atoms with Crippen LogP contribution in [0.2, 0.25) is 0 Å². The predicted octanol–water partition coefficient (Wildman–Crippen LogP) is 1.51. The molecule has 0 bridgehead atoms. The van der Waals surface area contributed by atoms with E-state index in [1.165, 1.54) is 0 Å². The number of aryl methyl sites for hydroxylation is 1. The summed E-state index contributed by atoms with van der Waals surface area (Å²) < 4.78 is 0. The Morgan fingerprint density at radius 2 is 2.27 bits per heavy atom. The number of aliphatic carboxylic acids is 1. The molecule has 1 atom stereocenters. The van der Waals surface area contributed by atoms with Crippen LogP contribution in [0.25, 0.3) is 0 Å². The molecule has 1 amide bonds. The molecule has 0 aliphatic carbocycles. The summed E-state index contributed by atoms with van der Waals surface area (Å²) in [6, 6.07) is 5.53. The lowest BCUT2D eigenvalue weighted by atomic mass is 9.96. The number of hydrogen-bond acceptors (Lipinski definition) is 2. The van der Waals surface area contributed by atoms with E-state index in [1.807, 2.05) is 19.1 Å². The Bertz CT molecular complexity index is 439. The molecule has 0 radical (unpaired) electrons. The third-order valence-electron chi connectivity index (χ3n) is 2.62. The van der Waals surface area contributed by atoms with Gasteiger partial charge in [0.25, 0.3) is 0 Å². The average Bonchev–Trinajstić information content (AvgIpc) is 2.45. The highest BCUT2D eigenvalue weighted by atomic mass is 16.4. The summed E-state index contributed by atoms with van der Waals surface area (Å²) >= 11 is 0. The van der Waals surface area contributed by atoms with Crippen LogP contribution in [0.1, 0.15) is 23.5 Å². The Morgan fingerprint density at radius 3 is 2.93 bits per heavy atom. The largest absolute Gasteiger partial charge is 0.481 e. The summed E-state index contributed by atoms with van der Waals surface area (Å²) in [5.41, 5.74) is 2.53. The summed E-state index contributed by atoms with van der Waals surface area (Å²) in [4.78, 5) is 22.2. The van der Waals surface area contributed by atoms with Crippen LogP contribution in [-0.2, 0) is 9.59 Å². The minimum atomic E-state index is -0.954. The molecule has 4 nitrogen and oxygen atoms in total. The van der Waals surface area contributed by atoms with E-state index < -0.39 is 11.9 Å². The van der Waals surface area contributed by atoms with Crippen molar-refractivity contribution in [1.29, 1.82) is 0 Å². The van der Waals surface area contributed by atoms with Crippen molar-refractivity contribution in [2.24, 2.45) is 0 Å². The van der Waals surface area contributed by atoms with E-state index in [2.05, 4.69) is 5.32 Å². The van der Waals surface area contributed by atoms with Crippen LogP contribution < -0.4 is 5.32 Å². The zero-order valence-electron chi connectivity index (χ0n) is 8.28. The van der Waals surface area contributed by atoms with Crippen molar-refractivity contribution in [3.05, 3.63) is 29.3 Å². The van der Waals surface area contributed by atoms with E-state index >= 15 is 0 Å². The van der Waals surface area contributed by atoms with Gasteiger partial charge in [0.05, 0.1) is 12.3 Å². The van der Waals surface area contributed by atoms with E-state index in [-0.39, 0.29) is 12.3 Å². The summed E-state index contributed by atoms with van der Waals surface area (Å²) in [7, 11) is 0. The van der Waals surface area contributed by atoms with Crippen LogP contribution in [0, 0.1) is 6.92 Å². The monoisotopic (exact) mass is 205 g/mol. The first-order valence-electron chi connectivity index (χ1n) is 4.72. The van der Waals surface area contributed by atoms with Crippen molar-refractivity contribution >= 4 is 17.6 Å². The van der Waals surface area contributed by atoms with Crippen LogP contribution in [0.5, 0.6) is 0 Å². The number of amides is 1. The smallest absolute Gasteiger partial charge is 0.304 e. The van der Waals surface area contributed by atoms with Crippen molar-refractivity contribution in [3.63, 3.8) is 0 Å². The quantitative estimate of drug-likeness (QED) is 0.769. The normalized spacial score (nSPS) is 18.5. The van der Waals surface area contributed by atoms with Gasteiger partial charge in [0, 0.05) is 5.69 Å². The molecule has 1 heterocycles. The Kier molecular flexibility index (Phi) is 2.19. The van der Waals surface area contributed by atoms with Gasteiger partial charge in [-0.2, -0.15) is 0 Å². The number of fused-ring (bicyclic) bond motifs is 1. The van der Waals surface area contributed by atoms with Crippen molar-refractivity contribution in [2.45, 2.75) is 19.3 Å². The average molecular weight is 205 g/mol. The molecule has 2 N–H and O–H groups in total. The third-order valence-corrected chi connectivity index (χ3v) is 2.62. The van der Waals surface area contributed by atoms with Crippen molar-refractivity contribution in [2.75, 3.05) is 5.32 Å². The molecule has 15 heavy (non-hydrogen) atoms. The Labute approximate surface area is 86.9 Å². The van der Waals surface area contributed by atoms with E-state index in [1.54, 1.807) is 6.07 Å². The lowest BCUT2D eigenvalue weighted by molar-refractivity contribution is -0.138. The van der Waals surface area contributed by atoms with Gasteiger partial charge in [0.15, 0.2) is 0 Å². The SMILES string of the molecule is Cc1cccc2c1NC(=O)C2CC(=O)O. The first-order chi connectivity index (χ1) is 7.09. The number of para-hydroxylation sites is 1. The highest BCUT2D eigenvalue weighted by Crippen LogP contribution is 2.36. The fourth-order valence-corrected chi connectivity index (χ4v) is 1.88. The molecule has 0 aromatic heterocycles. The van der Waals surface area contributed by atoms with Crippen LogP contribution in [0.3, 0.4) is 0 Å². The minimum absolute atomic E-state index is 0.151. The molecule has 1 unspecified atom stereocenters. The lowest BCUT2D eigenvalue weighted by Crippen LogP contribution is -2.15. The second-order valence-electron chi connectivity index (χ2n) is 3.68. The molecule has 78 valence electrons. The predicted molar refractivity (Wildman–Crippen MR) is 54.8 cm³/mol. The van der Waals surface area contributed by atoms with Gasteiger partial charge in [0.2, 0.25) is 5.91 Å². The first kappa shape index (κ1) is 9.71. The number of hydrogen-bond donors (Lipinski definition) is 2. The molecule has 2 rings (SSSR count). The van der Waals surface area contributed by atoms with E-state index in [4.69, 9.17) is 5.11 Å². The molecule has 1 aromatic carbocycles. The fourth-order valence-electron chi connectivity index (χ4n) is 1.88. The van der Waals surface area contributed by atoms with Gasteiger partial charge in [0.1, 0.15) is 0 Å². The number of carboxylic acids is 1. The molecular weight excluding hydrogens is 194 g/mol. The van der Waals surface area contributed by atoms with E-state index in [9.17, 15) is 9.59 Å². The van der Waals surface area contributed by atoms with Crippen LogP contribution in [-0.4, -0.2) is 17.0 Å². The highest BCUT2D eigenvalue weighted by Gasteiger charge is 2.32. The second kappa shape index (κ2) is 3.38. The molecule has 1 aliphatic heterocycles. The molecule has 0 fully saturated rings. The molecule has 0 saturated carbocycles. The van der Waals surface area contributed by atoms with Gasteiger partial charge in [-0.3, -0.25) is 9.59 Å². The number of benzene rings is 1. The van der Waals surface area contributed by atoms with Crippen molar-refractivity contribution in [3.8, 4) is 0 Å². The zero-order chi connectivity index (χ0) is 11.0. The number of carbonyl (C=O) groups excluding carboxylic acids is 1. The Balaban J connectivity index is 2.41. The molecule has 1 aliphatic rings. The van der Waals surface area contributed by atoms with Gasteiger partial charge in [-0.05, 0) is 18.1 Å². The Hall–Kier alpha value is -1.84. The summed E-state index contributed by atoms with van der Waals surface area (Å²) in [6.45, 7) is 1.89. The summed E-state index contributed by atoms with van der Waals surface area (Å²) in [5.74, 6) is -1.72. The molecule has 4 heteroatoms. The third kappa shape index (κ3) is 1.58. The lowest BCUT2D eigenvalue weighted by Gasteiger charge is -2.05. The van der Waals surface area contributed by atoms with Gasteiger partial charge in [-0.1, -0.05) is 18.2 Å². The molecule has 0 saturated heterocycles. The van der Waals surface area contributed by atoms with Gasteiger partial charge < -0.3 is 10.4 Å². The second-order valence-corrected chi connectivity index (χ2v) is 3.68. The molecule has 1 aromatic rings. The molecule has 0 spiro atoms. The van der Waals surface area contributed by atoms with Crippen molar-refractivity contribution < 1.29 is 14.7 Å². The summed E-state index contributed by atoms with van der Waals surface area (Å²) in [5, 5.41) is 11.4. The van der Waals surface area contributed by atoms with Crippen LogP contribution in [0.4, 0.5) is 5.69 Å². The van der Waals surface area contributed by atoms with E-state index in [0.717, 1.165) is 16.8 Å². The van der Waals surface area contributed by atoms with Crippen LogP contribution in [0.15, 0.2) is 18.2 Å².